The van der Waals surface area contributed by atoms with Gasteiger partial charge in [-0.3, -0.25) is 4.79 Å². The lowest BCUT2D eigenvalue weighted by atomic mass is 10.2. The van der Waals surface area contributed by atoms with E-state index >= 15 is 0 Å². The smallest absolute Gasteiger partial charge is 0.233 e. The van der Waals surface area contributed by atoms with Crippen LogP contribution < -0.4 is 5.32 Å². The summed E-state index contributed by atoms with van der Waals surface area (Å²) in [4.78, 5) is 19.2. The van der Waals surface area contributed by atoms with E-state index in [1.165, 1.54) is 11.8 Å². The molecule has 1 unspecified atom stereocenters. The molecule has 2 N–H and O–H groups in total. The standard InChI is InChI=1S/C15H17F2N3OS/c1-8(14(21)18-9-4-2-3-5-9)22-15-19-12-6-10(16)11(17)7-13(12)20-15/h6-9H,2-5H2,1H3,(H,18,21)(H,19,20). The first kappa shape index (κ1) is 15.3. The first-order valence-corrected chi connectivity index (χ1v) is 8.22. The first-order valence-electron chi connectivity index (χ1n) is 7.35. The second kappa shape index (κ2) is 6.24. The van der Waals surface area contributed by atoms with Crippen LogP contribution in [0.5, 0.6) is 0 Å². The van der Waals surface area contributed by atoms with Gasteiger partial charge in [0.05, 0.1) is 16.3 Å². The summed E-state index contributed by atoms with van der Waals surface area (Å²) < 4.78 is 26.4. The fourth-order valence-corrected chi connectivity index (χ4v) is 3.48. The summed E-state index contributed by atoms with van der Waals surface area (Å²) in [5.74, 6) is -1.88. The molecule has 118 valence electrons. The molecule has 0 bridgehead atoms. The molecule has 1 amide bonds. The summed E-state index contributed by atoms with van der Waals surface area (Å²) in [5, 5.41) is 3.19. The molecule has 3 rings (SSSR count). The van der Waals surface area contributed by atoms with Gasteiger partial charge in [-0.2, -0.15) is 0 Å². The highest BCUT2D eigenvalue weighted by molar-refractivity contribution is 8.00. The third-order valence-electron chi connectivity index (χ3n) is 3.86. The summed E-state index contributed by atoms with van der Waals surface area (Å²) in [6, 6.07) is 2.40. The Kier molecular flexibility index (Phi) is 4.33. The maximum Gasteiger partial charge on any atom is 0.233 e. The van der Waals surface area contributed by atoms with Crippen molar-refractivity contribution in [3.8, 4) is 0 Å². The van der Waals surface area contributed by atoms with E-state index in [1.54, 1.807) is 6.92 Å². The molecule has 0 aliphatic heterocycles. The Labute approximate surface area is 131 Å². The minimum absolute atomic E-state index is 0.0327. The number of nitrogens with one attached hydrogen (secondary N) is 2. The Balaban J connectivity index is 1.67. The van der Waals surface area contributed by atoms with Gasteiger partial charge in [0.25, 0.3) is 0 Å². The van der Waals surface area contributed by atoms with Crippen molar-refractivity contribution in [3.63, 3.8) is 0 Å². The van der Waals surface area contributed by atoms with Crippen LogP contribution >= 0.6 is 11.8 Å². The van der Waals surface area contributed by atoms with Gasteiger partial charge in [0.2, 0.25) is 5.91 Å². The first-order chi connectivity index (χ1) is 10.5. The quantitative estimate of drug-likeness (QED) is 0.847. The van der Waals surface area contributed by atoms with Gasteiger partial charge >= 0.3 is 0 Å². The van der Waals surface area contributed by atoms with Crippen molar-refractivity contribution < 1.29 is 13.6 Å². The van der Waals surface area contributed by atoms with Gasteiger partial charge in [-0.25, -0.2) is 13.8 Å². The molecule has 0 spiro atoms. The molecular formula is C15H17F2N3OS. The number of rotatable bonds is 4. The minimum Gasteiger partial charge on any atom is -0.352 e. The topological polar surface area (TPSA) is 57.8 Å². The van der Waals surface area contributed by atoms with Gasteiger partial charge in [0.1, 0.15) is 0 Å². The van der Waals surface area contributed by atoms with Crippen LogP contribution in [-0.2, 0) is 4.79 Å². The summed E-state index contributed by atoms with van der Waals surface area (Å²) in [6.45, 7) is 1.79. The molecule has 1 aliphatic rings. The number of halogens is 2. The largest absolute Gasteiger partial charge is 0.352 e. The number of fused-ring (bicyclic) bond motifs is 1. The number of hydrogen-bond donors (Lipinski definition) is 2. The highest BCUT2D eigenvalue weighted by Gasteiger charge is 2.22. The highest BCUT2D eigenvalue weighted by Crippen LogP contribution is 2.25. The molecule has 1 aromatic heterocycles. The van der Waals surface area contributed by atoms with E-state index in [4.69, 9.17) is 0 Å². The number of nitrogens with zero attached hydrogens (tertiary/aromatic N) is 1. The highest BCUT2D eigenvalue weighted by atomic mass is 32.2. The van der Waals surface area contributed by atoms with E-state index in [1.807, 2.05) is 0 Å². The summed E-state index contributed by atoms with van der Waals surface area (Å²) in [6.07, 6.45) is 4.39. The zero-order chi connectivity index (χ0) is 15.7. The van der Waals surface area contributed by atoms with Crippen LogP contribution in [0.25, 0.3) is 11.0 Å². The van der Waals surface area contributed by atoms with Crippen molar-refractivity contribution in [3.05, 3.63) is 23.8 Å². The number of thioether (sulfide) groups is 1. The molecule has 22 heavy (non-hydrogen) atoms. The summed E-state index contributed by atoms with van der Waals surface area (Å²) in [5.41, 5.74) is 0.773. The maximum absolute atomic E-state index is 13.2. The number of imidazole rings is 1. The Morgan fingerprint density at radius 2 is 2.05 bits per heavy atom. The Morgan fingerprint density at radius 1 is 1.36 bits per heavy atom. The lowest BCUT2D eigenvalue weighted by Crippen LogP contribution is -2.37. The molecule has 2 aromatic rings. The Morgan fingerprint density at radius 3 is 2.77 bits per heavy atom. The van der Waals surface area contributed by atoms with E-state index in [2.05, 4.69) is 15.3 Å². The van der Waals surface area contributed by atoms with Crippen LogP contribution in [0.3, 0.4) is 0 Å². The third kappa shape index (κ3) is 3.24. The van der Waals surface area contributed by atoms with Crippen molar-refractivity contribution in [2.75, 3.05) is 0 Å². The predicted molar refractivity (Wildman–Crippen MR) is 81.7 cm³/mol. The zero-order valence-corrected chi connectivity index (χ0v) is 13.0. The molecule has 1 aliphatic carbocycles. The predicted octanol–water partition coefficient (Wildman–Crippen LogP) is 3.38. The van der Waals surface area contributed by atoms with Crippen molar-refractivity contribution in [1.82, 2.24) is 15.3 Å². The molecule has 1 heterocycles. The number of benzene rings is 1. The average Bonchev–Trinajstić information content (AvgIpc) is 3.09. The number of H-pyrrole nitrogens is 1. The normalized spacial score (nSPS) is 17.0. The molecule has 1 fully saturated rings. The van der Waals surface area contributed by atoms with Crippen LogP contribution in [0.4, 0.5) is 8.78 Å². The zero-order valence-electron chi connectivity index (χ0n) is 12.2. The lowest BCUT2D eigenvalue weighted by molar-refractivity contribution is -0.120. The summed E-state index contributed by atoms with van der Waals surface area (Å²) in [7, 11) is 0. The van der Waals surface area contributed by atoms with Crippen LogP contribution in [-0.4, -0.2) is 27.2 Å². The fraction of sp³-hybridized carbons (Fsp3) is 0.467. The van der Waals surface area contributed by atoms with E-state index in [0.29, 0.717) is 16.2 Å². The molecule has 4 nitrogen and oxygen atoms in total. The monoisotopic (exact) mass is 325 g/mol. The number of aromatic nitrogens is 2. The van der Waals surface area contributed by atoms with Crippen molar-refractivity contribution in [2.24, 2.45) is 0 Å². The number of aromatic amines is 1. The van der Waals surface area contributed by atoms with Gasteiger partial charge in [-0.1, -0.05) is 24.6 Å². The molecule has 1 saturated carbocycles. The van der Waals surface area contributed by atoms with Gasteiger partial charge in [-0.15, -0.1) is 0 Å². The molecule has 0 radical (unpaired) electrons. The Bertz CT molecular complexity index is 658. The number of carbonyl (C=O) groups is 1. The SMILES string of the molecule is CC(Sc1nc2cc(F)c(F)cc2[nH]1)C(=O)NC1CCCC1. The van der Waals surface area contributed by atoms with Gasteiger partial charge in [-0.05, 0) is 19.8 Å². The van der Waals surface area contributed by atoms with Crippen LogP contribution in [0.1, 0.15) is 32.6 Å². The maximum atomic E-state index is 13.2. The van der Waals surface area contributed by atoms with Crippen molar-refractivity contribution in [1.29, 1.82) is 0 Å². The summed E-state index contributed by atoms with van der Waals surface area (Å²) >= 11 is 1.25. The van der Waals surface area contributed by atoms with Crippen LogP contribution in [0, 0.1) is 11.6 Å². The third-order valence-corrected chi connectivity index (χ3v) is 4.85. The van der Waals surface area contributed by atoms with Gasteiger partial charge < -0.3 is 10.3 Å². The Hall–Kier alpha value is -1.63. The van der Waals surface area contributed by atoms with Crippen molar-refractivity contribution >= 4 is 28.7 Å². The number of hydrogen-bond acceptors (Lipinski definition) is 3. The van der Waals surface area contributed by atoms with Gasteiger partial charge in [0, 0.05) is 18.2 Å². The average molecular weight is 325 g/mol. The molecule has 0 saturated heterocycles. The lowest BCUT2D eigenvalue weighted by Gasteiger charge is -2.15. The molecule has 7 heteroatoms. The van der Waals surface area contributed by atoms with E-state index in [0.717, 1.165) is 37.8 Å². The van der Waals surface area contributed by atoms with E-state index in [9.17, 15) is 13.6 Å². The molecule has 1 atom stereocenters. The van der Waals surface area contributed by atoms with Crippen molar-refractivity contribution in [2.45, 2.75) is 49.1 Å². The second-order valence-corrected chi connectivity index (χ2v) is 6.90. The van der Waals surface area contributed by atoms with Gasteiger partial charge in [0.15, 0.2) is 16.8 Å². The van der Waals surface area contributed by atoms with E-state index < -0.39 is 11.6 Å². The second-order valence-electron chi connectivity index (χ2n) is 5.58. The number of amides is 1. The van der Waals surface area contributed by atoms with Crippen LogP contribution in [0.2, 0.25) is 0 Å². The van der Waals surface area contributed by atoms with Crippen LogP contribution in [0.15, 0.2) is 17.3 Å². The number of carbonyl (C=O) groups excluding carboxylic acids is 1. The molecule has 1 aromatic carbocycles. The minimum atomic E-state index is -0.928. The fourth-order valence-electron chi connectivity index (χ4n) is 2.65. The van der Waals surface area contributed by atoms with E-state index in [-0.39, 0.29) is 17.2 Å². The molecular weight excluding hydrogens is 308 g/mol.